The van der Waals surface area contributed by atoms with Gasteiger partial charge in [-0.3, -0.25) is 19.2 Å². The molecule has 1 amide bonds. The quantitative estimate of drug-likeness (QED) is 0.265. The highest BCUT2D eigenvalue weighted by molar-refractivity contribution is 8.01. The van der Waals surface area contributed by atoms with Crippen LogP contribution >= 0.6 is 34.7 Å². The smallest absolute Gasteiger partial charge is 0.316 e. The van der Waals surface area contributed by atoms with E-state index in [0.29, 0.717) is 9.36 Å². The molecular formula is C21H19ClN4O6S3. The first-order valence-electron chi connectivity index (χ1n) is 10.1. The normalized spacial score (nSPS) is 15.2. The summed E-state index contributed by atoms with van der Waals surface area (Å²) in [6, 6.07) is 11.0. The molecule has 0 spiro atoms. The zero-order valence-corrected chi connectivity index (χ0v) is 21.6. The number of hydrogen-bond donors (Lipinski definition) is 1. The Kier molecular flexibility index (Phi) is 7.50. The second-order valence-electron chi connectivity index (χ2n) is 7.29. The molecule has 0 unspecified atom stereocenters. The van der Waals surface area contributed by atoms with Crippen LogP contribution in [0, 0.1) is 6.92 Å². The largest absolute Gasteiger partial charge is 0.476 e. The van der Waals surface area contributed by atoms with Crippen LogP contribution in [0.3, 0.4) is 0 Å². The Balaban J connectivity index is 1.56. The van der Waals surface area contributed by atoms with Crippen molar-refractivity contribution in [3.05, 3.63) is 53.1 Å². The number of hydrogen-bond acceptors (Lipinski definition) is 10. The van der Waals surface area contributed by atoms with Crippen molar-refractivity contribution in [3.63, 3.8) is 0 Å². The van der Waals surface area contributed by atoms with E-state index in [2.05, 4.69) is 20.3 Å². The number of rotatable bonds is 7. The minimum atomic E-state index is -4.02. The molecule has 3 aromatic rings. The van der Waals surface area contributed by atoms with Gasteiger partial charge in [0.1, 0.15) is 5.75 Å². The number of nitrogens with zero attached hydrogens (tertiary/aromatic N) is 3. The number of ether oxygens (including phenoxy) is 2. The maximum absolute atomic E-state index is 13.5. The van der Waals surface area contributed by atoms with Gasteiger partial charge in [-0.15, -0.1) is 10.2 Å². The van der Waals surface area contributed by atoms with Gasteiger partial charge < -0.3 is 9.47 Å². The molecule has 184 valence electrons. The topological polar surface area (TPSA) is 128 Å². The van der Waals surface area contributed by atoms with Crippen LogP contribution in [0.4, 0.5) is 10.8 Å². The molecule has 2 aromatic carbocycles. The fourth-order valence-electron chi connectivity index (χ4n) is 3.11. The van der Waals surface area contributed by atoms with E-state index in [1.165, 1.54) is 31.4 Å². The molecule has 4 rings (SSSR count). The Morgan fingerprint density at radius 3 is 2.71 bits per heavy atom. The number of aromatic nitrogens is 2. The number of carbonyl (C=O) groups is 2. The van der Waals surface area contributed by atoms with Crippen LogP contribution in [0.2, 0.25) is 5.02 Å². The van der Waals surface area contributed by atoms with Gasteiger partial charge in [0.2, 0.25) is 5.13 Å². The third kappa shape index (κ3) is 5.69. The molecule has 0 radical (unpaired) electrons. The van der Waals surface area contributed by atoms with E-state index in [4.69, 9.17) is 16.3 Å². The van der Waals surface area contributed by atoms with E-state index in [9.17, 15) is 18.0 Å². The molecule has 0 bridgehead atoms. The molecule has 1 aliphatic heterocycles. The number of fused-ring (bicyclic) bond motifs is 1. The van der Waals surface area contributed by atoms with Crippen molar-refractivity contribution >= 4 is 67.4 Å². The molecule has 1 atom stereocenters. The van der Waals surface area contributed by atoms with Crippen molar-refractivity contribution in [1.82, 2.24) is 10.2 Å². The zero-order valence-electron chi connectivity index (χ0n) is 18.4. The van der Waals surface area contributed by atoms with Gasteiger partial charge in [-0.2, -0.15) is 0 Å². The van der Waals surface area contributed by atoms with Crippen molar-refractivity contribution in [3.8, 4) is 5.75 Å². The van der Waals surface area contributed by atoms with E-state index in [1.807, 2.05) is 6.92 Å². The van der Waals surface area contributed by atoms with Crippen molar-refractivity contribution in [2.45, 2.75) is 22.3 Å². The van der Waals surface area contributed by atoms with Gasteiger partial charge in [0, 0.05) is 5.02 Å². The molecule has 14 heteroatoms. The molecule has 0 saturated carbocycles. The molecule has 10 nitrogen and oxygen atoms in total. The Hall–Kier alpha value is -2.87. The SMILES string of the molecule is COC(=O)CSc1nnc(NC(=O)[C@H]2CN(S(=O)(=O)c3ccc(C)cc3)c3cc(Cl)ccc3O2)s1. The number of esters is 1. The third-order valence-electron chi connectivity index (χ3n) is 4.87. The zero-order chi connectivity index (χ0) is 25.2. The number of anilines is 2. The first-order chi connectivity index (χ1) is 16.7. The summed E-state index contributed by atoms with van der Waals surface area (Å²) in [5.74, 6) is -0.769. The Morgan fingerprint density at radius 2 is 2.00 bits per heavy atom. The minimum Gasteiger partial charge on any atom is -0.476 e. The first kappa shape index (κ1) is 25.2. The summed E-state index contributed by atoms with van der Waals surface area (Å²) in [6.07, 6.45) is -1.17. The summed E-state index contributed by atoms with van der Waals surface area (Å²) in [6.45, 7) is 1.57. The number of sulfonamides is 1. The summed E-state index contributed by atoms with van der Waals surface area (Å²) in [7, 11) is -2.74. The lowest BCUT2D eigenvalue weighted by atomic mass is 10.2. The maximum Gasteiger partial charge on any atom is 0.316 e. The van der Waals surface area contributed by atoms with Crippen molar-refractivity contribution in [1.29, 1.82) is 0 Å². The lowest BCUT2D eigenvalue weighted by molar-refractivity contribution is -0.137. The van der Waals surface area contributed by atoms with Gasteiger partial charge in [0.05, 0.1) is 30.0 Å². The van der Waals surface area contributed by atoms with Crippen LogP contribution in [0.25, 0.3) is 0 Å². The number of thioether (sulfide) groups is 1. The molecular weight excluding hydrogens is 536 g/mol. The number of aryl methyl sites for hydroxylation is 1. The van der Waals surface area contributed by atoms with E-state index < -0.39 is 28.0 Å². The van der Waals surface area contributed by atoms with Crippen molar-refractivity contribution in [2.75, 3.05) is 29.0 Å². The van der Waals surface area contributed by atoms with Crippen LogP contribution in [-0.4, -0.2) is 56.0 Å². The number of halogens is 1. The Bertz CT molecular complexity index is 1360. The van der Waals surface area contributed by atoms with Crippen LogP contribution in [-0.2, 0) is 24.3 Å². The predicted octanol–water partition coefficient (Wildman–Crippen LogP) is 3.36. The molecule has 2 heterocycles. The summed E-state index contributed by atoms with van der Waals surface area (Å²) in [4.78, 5) is 24.4. The van der Waals surface area contributed by atoms with Gasteiger partial charge in [0.15, 0.2) is 10.4 Å². The average Bonchev–Trinajstić information content (AvgIpc) is 3.29. The molecule has 1 aromatic heterocycles. The highest BCUT2D eigenvalue weighted by Gasteiger charge is 2.38. The highest BCUT2D eigenvalue weighted by atomic mass is 35.5. The number of nitrogens with one attached hydrogen (secondary N) is 1. The lowest BCUT2D eigenvalue weighted by Gasteiger charge is -2.34. The summed E-state index contributed by atoms with van der Waals surface area (Å²) in [5.41, 5.74) is 1.15. The molecule has 1 aliphatic rings. The van der Waals surface area contributed by atoms with Gasteiger partial charge in [-0.1, -0.05) is 52.4 Å². The summed E-state index contributed by atoms with van der Waals surface area (Å²) >= 11 is 8.31. The molecule has 35 heavy (non-hydrogen) atoms. The standard InChI is InChI=1S/C21H19ClN4O6S3/c1-12-3-6-14(7-4-12)35(29,30)26-10-17(32-16-8-5-13(22)9-15(16)26)19(28)23-20-24-25-21(34-20)33-11-18(27)31-2/h3-9,17H,10-11H2,1-2H3,(H,23,24,28)/t17-/m1/s1. The summed E-state index contributed by atoms with van der Waals surface area (Å²) in [5, 5.41) is 10.9. The van der Waals surface area contributed by atoms with Crippen LogP contribution in [0.5, 0.6) is 5.75 Å². The van der Waals surface area contributed by atoms with Crippen LogP contribution in [0.1, 0.15) is 5.56 Å². The molecule has 0 fully saturated rings. The average molecular weight is 555 g/mol. The Morgan fingerprint density at radius 1 is 1.26 bits per heavy atom. The second-order valence-corrected chi connectivity index (χ2v) is 11.8. The number of carbonyl (C=O) groups excluding carboxylic acids is 2. The van der Waals surface area contributed by atoms with Gasteiger partial charge in [-0.05, 0) is 37.3 Å². The second kappa shape index (κ2) is 10.4. The molecule has 1 N–H and O–H groups in total. The fourth-order valence-corrected chi connectivity index (χ4v) is 6.33. The van der Waals surface area contributed by atoms with Crippen molar-refractivity contribution < 1.29 is 27.5 Å². The van der Waals surface area contributed by atoms with E-state index in [0.717, 1.165) is 33.0 Å². The Labute approximate surface area is 214 Å². The van der Waals surface area contributed by atoms with Crippen molar-refractivity contribution in [2.24, 2.45) is 0 Å². The van der Waals surface area contributed by atoms with E-state index in [-0.39, 0.29) is 33.8 Å². The number of amides is 1. The predicted molar refractivity (Wildman–Crippen MR) is 133 cm³/mol. The van der Waals surface area contributed by atoms with E-state index >= 15 is 0 Å². The lowest BCUT2D eigenvalue weighted by Crippen LogP contribution is -2.48. The number of benzene rings is 2. The number of methoxy groups -OCH3 is 1. The van der Waals surface area contributed by atoms with Gasteiger partial charge in [0.25, 0.3) is 15.9 Å². The molecule has 0 aliphatic carbocycles. The van der Waals surface area contributed by atoms with Crippen LogP contribution < -0.4 is 14.4 Å². The van der Waals surface area contributed by atoms with Gasteiger partial charge in [-0.25, -0.2) is 8.42 Å². The fraction of sp³-hybridized carbons (Fsp3) is 0.238. The highest BCUT2D eigenvalue weighted by Crippen LogP contribution is 2.39. The third-order valence-corrected chi connectivity index (χ3v) is 8.84. The van der Waals surface area contributed by atoms with Crippen LogP contribution in [0.15, 0.2) is 51.7 Å². The summed E-state index contributed by atoms with van der Waals surface area (Å²) < 4.78 is 38.9. The first-order valence-corrected chi connectivity index (χ1v) is 13.7. The minimum absolute atomic E-state index is 0.0516. The maximum atomic E-state index is 13.5. The monoisotopic (exact) mass is 554 g/mol. The molecule has 0 saturated heterocycles. The van der Waals surface area contributed by atoms with E-state index in [1.54, 1.807) is 18.2 Å². The van der Waals surface area contributed by atoms with Gasteiger partial charge >= 0.3 is 5.97 Å².